The number of benzene rings is 1. The van der Waals surface area contributed by atoms with E-state index in [0.29, 0.717) is 29.5 Å². The molecule has 2 N–H and O–H groups in total. The van der Waals surface area contributed by atoms with Crippen molar-refractivity contribution in [1.29, 1.82) is 0 Å². The van der Waals surface area contributed by atoms with Crippen LogP contribution in [0.5, 0.6) is 0 Å². The van der Waals surface area contributed by atoms with E-state index in [-0.39, 0.29) is 0 Å². The number of hydrogen-bond donors (Lipinski definition) is 1. The van der Waals surface area contributed by atoms with Gasteiger partial charge in [0.25, 0.3) is 5.89 Å². The molecule has 6 heteroatoms. The summed E-state index contributed by atoms with van der Waals surface area (Å²) in [5, 5.41) is 8.08. The minimum Gasteiger partial charge on any atom is -0.383 e. The van der Waals surface area contributed by atoms with Crippen molar-refractivity contribution in [1.82, 2.24) is 19.9 Å². The molecule has 108 valence electrons. The van der Waals surface area contributed by atoms with Crippen molar-refractivity contribution < 1.29 is 4.52 Å². The number of anilines is 1. The molecule has 0 bridgehead atoms. The van der Waals surface area contributed by atoms with E-state index in [1.165, 1.54) is 11.1 Å². The summed E-state index contributed by atoms with van der Waals surface area (Å²) in [6.07, 6.45) is 2.26. The summed E-state index contributed by atoms with van der Waals surface area (Å²) in [7, 11) is 1.77. The molecule has 0 atom stereocenters. The normalized spacial score (nSPS) is 11.0. The van der Waals surface area contributed by atoms with Crippen LogP contribution in [-0.2, 0) is 13.5 Å². The van der Waals surface area contributed by atoms with Crippen molar-refractivity contribution in [2.45, 2.75) is 20.3 Å². The first-order chi connectivity index (χ1) is 10.0. The summed E-state index contributed by atoms with van der Waals surface area (Å²) in [5.74, 6) is 1.55. The van der Waals surface area contributed by atoms with Crippen LogP contribution in [-0.4, -0.2) is 19.9 Å². The van der Waals surface area contributed by atoms with Crippen LogP contribution in [0.25, 0.3) is 11.5 Å². The Labute approximate surface area is 122 Å². The maximum atomic E-state index is 5.91. The van der Waals surface area contributed by atoms with Crippen molar-refractivity contribution in [3.05, 3.63) is 46.9 Å². The molecule has 0 aliphatic carbocycles. The molecule has 0 aliphatic rings. The highest BCUT2D eigenvalue weighted by Crippen LogP contribution is 2.23. The number of nitrogens with zero attached hydrogens (tertiary/aromatic N) is 4. The summed E-state index contributed by atoms with van der Waals surface area (Å²) in [6.45, 7) is 4.19. The van der Waals surface area contributed by atoms with Crippen LogP contribution < -0.4 is 5.73 Å². The summed E-state index contributed by atoms with van der Waals surface area (Å²) in [5.41, 5.74) is 10.3. The Morgan fingerprint density at radius 2 is 2.05 bits per heavy atom. The number of aromatic nitrogens is 4. The van der Waals surface area contributed by atoms with Gasteiger partial charge in [0.2, 0.25) is 0 Å². The van der Waals surface area contributed by atoms with Crippen LogP contribution in [0.15, 0.2) is 28.9 Å². The van der Waals surface area contributed by atoms with Crippen molar-refractivity contribution >= 4 is 5.82 Å². The van der Waals surface area contributed by atoms with E-state index in [9.17, 15) is 0 Å². The largest absolute Gasteiger partial charge is 0.383 e. The van der Waals surface area contributed by atoms with Crippen LogP contribution in [0.2, 0.25) is 0 Å². The van der Waals surface area contributed by atoms with Gasteiger partial charge in [0.05, 0.1) is 6.20 Å². The average molecular weight is 283 g/mol. The molecule has 0 radical (unpaired) electrons. The van der Waals surface area contributed by atoms with Gasteiger partial charge in [-0.1, -0.05) is 23.4 Å². The maximum Gasteiger partial charge on any atom is 0.263 e. The van der Waals surface area contributed by atoms with Crippen molar-refractivity contribution in [2.75, 3.05) is 5.73 Å². The van der Waals surface area contributed by atoms with Gasteiger partial charge in [-0.2, -0.15) is 10.1 Å². The maximum absolute atomic E-state index is 5.91. The highest BCUT2D eigenvalue weighted by Gasteiger charge is 2.15. The third-order valence-corrected chi connectivity index (χ3v) is 3.62. The third kappa shape index (κ3) is 2.52. The molecule has 1 aromatic carbocycles. The number of hydrogen-bond acceptors (Lipinski definition) is 5. The van der Waals surface area contributed by atoms with Crippen molar-refractivity contribution in [2.24, 2.45) is 7.05 Å². The summed E-state index contributed by atoms with van der Waals surface area (Å²) in [6, 6.07) is 6.32. The third-order valence-electron chi connectivity index (χ3n) is 3.62. The van der Waals surface area contributed by atoms with Crippen LogP contribution in [0.4, 0.5) is 5.82 Å². The second-order valence-electron chi connectivity index (χ2n) is 5.18. The molecule has 21 heavy (non-hydrogen) atoms. The van der Waals surface area contributed by atoms with E-state index in [1.807, 2.05) is 0 Å². The topological polar surface area (TPSA) is 82.8 Å². The Kier molecular flexibility index (Phi) is 3.21. The molecule has 0 spiro atoms. The minimum atomic E-state index is 0.402. The van der Waals surface area contributed by atoms with E-state index >= 15 is 0 Å². The summed E-state index contributed by atoms with van der Waals surface area (Å²) >= 11 is 0. The number of rotatable bonds is 3. The van der Waals surface area contributed by atoms with Crippen molar-refractivity contribution in [3.63, 3.8) is 0 Å². The molecule has 3 aromatic rings. The van der Waals surface area contributed by atoms with Gasteiger partial charge in [-0.15, -0.1) is 0 Å². The Hall–Kier alpha value is -2.63. The number of nitrogens with two attached hydrogens (primary N) is 1. The quantitative estimate of drug-likeness (QED) is 0.797. The van der Waals surface area contributed by atoms with Gasteiger partial charge in [0.1, 0.15) is 11.4 Å². The Morgan fingerprint density at radius 1 is 1.24 bits per heavy atom. The van der Waals surface area contributed by atoms with Gasteiger partial charge in [-0.3, -0.25) is 4.68 Å². The summed E-state index contributed by atoms with van der Waals surface area (Å²) in [4.78, 5) is 4.39. The first-order valence-corrected chi connectivity index (χ1v) is 6.71. The van der Waals surface area contributed by atoms with E-state index in [1.54, 1.807) is 17.9 Å². The molecule has 0 aliphatic heterocycles. The zero-order valence-electron chi connectivity index (χ0n) is 12.3. The SMILES string of the molecule is Cc1ccc(Cc2noc(-c3cnn(C)c3N)n2)cc1C. The van der Waals surface area contributed by atoms with Gasteiger partial charge in [-0.05, 0) is 30.5 Å². The fourth-order valence-corrected chi connectivity index (χ4v) is 2.14. The van der Waals surface area contributed by atoms with Gasteiger partial charge in [0, 0.05) is 13.5 Å². The lowest BCUT2D eigenvalue weighted by Crippen LogP contribution is -1.98. The zero-order valence-corrected chi connectivity index (χ0v) is 12.3. The second-order valence-corrected chi connectivity index (χ2v) is 5.18. The first kappa shape index (κ1) is 13.4. The second kappa shape index (κ2) is 5.05. The molecule has 2 heterocycles. The molecule has 0 saturated heterocycles. The first-order valence-electron chi connectivity index (χ1n) is 6.71. The fraction of sp³-hybridized carbons (Fsp3) is 0.267. The summed E-state index contributed by atoms with van der Waals surface area (Å²) < 4.78 is 6.85. The van der Waals surface area contributed by atoms with Crippen LogP contribution in [0.1, 0.15) is 22.5 Å². The standard InChI is InChI=1S/C15H17N5O/c1-9-4-5-11(6-10(9)2)7-13-18-15(21-19-13)12-8-17-20(3)14(12)16/h4-6,8H,7,16H2,1-3H3. The molecule has 0 saturated carbocycles. The van der Waals surface area contributed by atoms with Crippen molar-refractivity contribution in [3.8, 4) is 11.5 Å². The van der Waals surface area contributed by atoms with E-state index in [2.05, 4.69) is 47.3 Å². The van der Waals surface area contributed by atoms with E-state index < -0.39 is 0 Å². The molecule has 3 rings (SSSR count). The molecule has 2 aromatic heterocycles. The van der Waals surface area contributed by atoms with Gasteiger partial charge in [-0.25, -0.2) is 0 Å². The van der Waals surface area contributed by atoms with Gasteiger partial charge >= 0.3 is 0 Å². The van der Waals surface area contributed by atoms with Crippen LogP contribution in [0, 0.1) is 13.8 Å². The lowest BCUT2D eigenvalue weighted by molar-refractivity contribution is 0.424. The molecular formula is C15H17N5O. The van der Waals surface area contributed by atoms with Crippen LogP contribution in [0.3, 0.4) is 0 Å². The van der Waals surface area contributed by atoms with Crippen LogP contribution >= 0.6 is 0 Å². The lowest BCUT2D eigenvalue weighted by Gasteiger charge is -2.02. The molecule has 6 nitrogen and oxygen atoms in total. The minimum absolute atomic E-state index is 0.402. The molecular weight excluding hydrogens is 266 g/mol. The number of aryl methyl sites for hydroxylation is 3. The smallest absolute Gasteiger partial charge is 0.263 e. The predicted molar refractivity (Wildman–Crippen MR) is 79.6 cm³/mol. The Morgan fingerprint density at radius 3 is 2.71 bits per heavy atom. The lowest BCUT2D eigenvalue weighted by atomic mass is 10.0. The molecule has 0 amide bonds. The van der Waals surface area contributed by atoms with E-state index in [4.69, 9.17) is 10.3 Å². The van der Waals surface area contributed by atoms with Gasteiger partial charge < -0.3 is 10.3 Å². The predicted octanol–water partition coefficient (Wildman–Crippen LogP) is 2.26. The molecule has 0 unspecified atom stereocenters. The average Bonchev–Trinajstić information content (AvgIpc) is 3.03. The Bertz CT molecular complexity index is 787. The van der Waals surface area contributed by atoms with E-state index in [0.717, 1.165) is 5.56 Å². The monoisotopic (exact) mass is 283 g/mol. The Balaban J connectivity index is 1.85. The number of nitrogen functional groups attached to an aromatic ring is 1. The molecule has 0 fully saturated rings. The highest BCUT2D eigenvalue weighted by atomic mass is 16.5. The zero-order chi connectivity index (χ0) is 15.0. The van der Waals surface area contributed by atoms with Gasteiger partial charge in [0.15, 0.2) is 5.82 Å². The fourth-order valence-electron chi connectivity index (χ4n) is 2.14. The highest BCUT2D eigenvalue weighted by molar-refractivity contribution is 5.66.